The highest BCUT2D eigenvalue weighted by Gasteiger charge is 2.14. The summed E-state index contributed by atoms with van der Waals surface area (Å²) in [5.74, 6) is -1.68. The van der Waals surface area contributed by atoms with Crippen molar-refractivity contribution in [2.24, 2.45) is 0 Å². The zero-order chi connectivity index (χ0) is 18.3. The third-order valence-corrected chi connectivity index (χ3v) is 4.36. The fourth-order valence-electron chi connectivity index (χ4n) is 2.83. The van der Waals surface area contributed by atoms with Gasteiger partial charge in [0.2, 0.25) is 5.76 Å². The minimum atomic E-state index is -1.17. The number of carbonyl (C=O) groups excluding carboxylic acids is 1. The van der Waals surface area contributed by atoms with E-state index in [0.29, 0.717) is 6.54 Å². The molecule has 0 aliphatic carbocycles. The summed E-state index contributed by atoms with van der Waals surface area (Å²) in [7, 11) is 0. The zero-order valence-corrected chi connectivity index (χ0v) is 15.5. The van der Waals surface area contributed by atoms with Gasteiger partial charge in [-0.2, -0.15) is 0 Å². The Bertz CT molecular complexity index is 496. The van der Waals surface area contributed by atoms with Crippen LogP contribution in [-0.2, 0) is 0 Å². The van der Waals surface area contributed by atoms with Crippen LogP contribution in [0.1, 0.15) is 105 Å². The summed E-state index contributed by atoms with van der Waals surface area (Å²) in [6, 6.07) is 2.68. The first-order valence-corrected chi connectivity index (χ1v) is 9.76. The molecule has 0 radical (unpaired) electrons. The molecule has 25 heavy (non-hydrogen) atoms. The second-order valence-corrected chi connectivity index (χ2v) is 6.61. The Morgan fingerprint density at radius 3 is 1.80 bits per heavy atom. The van der Waals surface area contributed by atoms with Gasteiger partial charge in [-0.25, -0.2) is 4.79 Å². The maximum atomic E-state index is 11.8. The molecule has 1 rings (SSSR count). The molecule has 0 bridgehead atoms. The van der Waals surface area contributed by atoms with E-state index < -0.39 is 5.97 Å². The van der Waals surface area contributed by atoms with Gasteiger partial charge in [0.15, 0.2) is 5.76 Å². The highest BCUT2D eigenvalue weighted by molar-refractivity contribution is 5.93. The quantitative estimate of drug-likeness (QED) is 0.414. The van der Waals surface area contributed by atoms with Gasteiger partial charge in [0.1, 0.15) is 0 Å². The van der Waals surface area contributed by atoms with Crippen molar-refractivity contribution in [3.05, 3.63) is 23.7 Å². The summed E-state index contributed by atoms with van der Waals surface area (Å²) in [6.45, 7) is 2.84. The molecule has 0 unspecified atom stereocenters. The summed E-state index contributed by atoms with van der Waals surface area (Å²) in [5, 5.41) is 11.5. The zero-order valence-electron chi connectivity index (χ0n) is 15.5. The number of nitrogens with one attached hydrogen (secondary N) is 1. The molecular weight excluding hydrogens is 318 g/mol. The number of furan rings is 1. The second-order valence-electron chi connectivity index (χ2n) is 6.61. The smallest absolute Gasteiger partial charge is 0.371 e. The van der Waals surface area contributed by atoms with Crippen LogP contribution in [0.5, 0.6) is 0 Å². The van der Waals surface area contributed by atoms with Gasteiger partial charge in [-0.3, -0.25) is 4.79 Å². The fourth-order valence-corrected chi connectivity index (χ4v) is 2.83. The molecule has 1 aromatic heterocycles. The summed E-state index contributed by atoms with van der Waals surface area (Å²) >= 11 is 0. The van der Waals surface area contributed by atoms with E-state index >= 15 is 0 Å². The second kappa shape index (κ2) is 13.5. The van der Waals surface area contributed by atoms with Crippen molar-refractivity contribution in [2.75, 3.05) is 6.54 Å². The van der Waals surface area contributed by atoms with Gasteiger partial charge in [-0.1, -0.05) is 77.6 Å². The van der Waals surface area contributed by atoms with Gasteiger partial charge in [-0.05, 0) is 18.6 Å². The van der Waals surface area contributed by atoms with Crippen molar-refractivity contribution in [3.63, 3.8) is 0 Å². The van der Waals surface area contributed by atoms with Gasteiger partial charge in [0.25, 0.3) is 5.91 Å². The van der Waals surface area contributed by atoms with E-state index in [-0.39, 0.29) is 17.4 Å². The van der Waals surface area contributed by atoms with Crippen LogP contribution in [0, 0.1) is 0 Å². The maximum Gasteiger partial charge on any atom is 0.371 e. The van der Waals surface area contributed by atoms with Gasteiger partial charge < -0.3 is 14.8 Å². The van der Waals surface area contributed by atoms with Crippen LogP contribution in [0.3, 0.4) is 0 Å². The van der Waals surface area contributed by atoms with Crippen LogP contribution in [0.25, 0.3) is 0 Å². The van der Waals surface area contributed by atoms with Crippen molar-refractivity contribution < 1.29 is 19.1 Å². The molecule has 5 heteroatoms. The number of rotatable bonds is 15. The van der Waals surface area contributed by atoms with E-state index in [9.17, 15) is 9.59 Å². The minimum absolute atomic E-state index is 0.0522. The molecule has 0 aliphatic rings. The van der Waals surface area contributed by atoms with Crippen molar-refractivity contribution in [1.29, 1.82) is 0 Å². The first-order valence-electron chi connectivity index (χ1n) is 9.76. The SMILES string of the molecule is CCCCCCCCCCCCCCNC(=O)c1ccc(C(=O)O)o1. The maximum absolute atomic E-state index is 11.8. The van der Waals surface area contributed by atoms with Crippen LogP contribution in [-0.4, -0.2) is 23.5 Å². The van der Waals surface area contributed by atoms with Gasteiger partial charge in [-0.15, -0.1) is 0 Å². The van der Waals surface area contributed by atoms with Crippen molar-refractivity contribution >= 4 is 11.9 Å². The van der Waals surface area contributed by atoms with Gasteiger partial charge in [0, 0.05) is 6.54 Å². The Kier molecular flexibility index (Phi) is 11.5. The van der Waals surface area contributed by atoms with E-state index in [1.807, 2.05) is 0 Å². The Balaban J connectivity index is 1.91. The number of unbranched alkanes of at least 4 members (excludes halogenated alkanes) is 11. The fraction of sp³-hybridized carbons (Fsp3) is 0.700. The summed E-state index contributed by atoms with van der Waals surface area (Å²) in [5.41, 5.74) is 0. The first-order chi connectivity index (χ1) is 12.1. The minimum Gasteiger partial charge on any atom is -0.475 e. The molecule has 0 saturated carbocycles. The van der Waals surface area contributed by atoms with Crippen LogP contribution >= 0.6 is 0 Å². The molecule has 1 aromatic rings. The third-order valence-electron chi connectivity index (χ3n) is 4.36. The van der Waals surface area contributed by atoms with Crippen molar-refractivity contribution in [1.82, 2.24) is 5.32 Å². The van der Waals surface area contributed by atoms with Crippen LogP contribution in [0.4, 0.5) is 0 Å². The molecule has 2 N–H and O–H groups in total. The number of carbonyl (C=O) groups is 2. The summed E-state index contributed by atoms with van der Waals surface area (Å²) < 4.78 is 4.96. The summed E-state index contributed by atoms with van der Waals surface area (Å²) in [6.07, 6.45) is 15.4. The standard InChI is InChI=1S/C20H33NO4/c1-2-3-4-5-6-7-8-9-10-11-12-13-16-21-19(22)17-14-15-18(25-17)20(23)24/h14-15H,2-13,16H2,1H3,(H,21,22)(H,23,24). The Morgan fingerprint density at radius 1 is 0.840 bits per heavy atom. The van der Waals surface area contributed by atoms with E-state index in [4.69, 9.17) is 9.52 Å². The van der Waals surface area contributed by atoms with E-state index in [2.05, 4.69) is 12.2 Å². The van der Waals surface area contributed by atoms with E-state index in [1.54, 1.807) is 0 Å². The average Bonchev–Trinajstić information content (AvgIpc) is 3.09. The molecule has 0 atom stereocenters. The van der Waals surface area contributed by atoms with Crippen LogP contribution in [0.2, 0.25) is 0 Å². The van der Waals surface area contributed by atoms with Gasteiger partial charge in [0.05, 0.1) is 0 Å². The van der Waals surface area contributed by atoms with Crippen LogP contribution in [0.15, 0.2) is 16.5 Å². The molecule has 5 nitrogen and oxygen atoms in total. The molecule has 0 saturated heterocycles. The number of hydrogen-bond acceptors (Lipinski definition) is 3. The Morgan fingerprint density at radius 2 is 1.32 bits per heavy atom. The molecule has 1 amide bonds. The number of hydrogen-bond donors (Lipinski definition) is 2. The average molecular weight is 351 g/mol. The molecule has 0 aromatic carbocycles. The van der Waals surface area contributed by atoms with Crippen molar-refractivity contribution in [3.8, 4) is 0 Å². The Labute approximate surface area is 151 Å². The molecule has 0 fully saturated rings. The highest BCUT2D eigenvalue weighted by atomic mass is 16.4. The molecular formula is C20H33NO4. The van der Waals surface area contributed by atoms with Crippen molar-refractivity contribution in [2.45, 2.75) is 84.0 Å². The molecule has 1 heterocycles. The van der Waals surface area contributed by atoms with E-state index in [1.165, 1.54) is 76.3 Å². The molecule has 0 aliphatic heterocycles. The highest BCUT2D eigenvalue weighted by Crippen LogP contribution is 2.12. The number of aromatic carboxylic acids is 1. The van der Waals surface area contributed by atoms with Crippen LogP contribution < -0.4 is 5.32 Å². The lowest BCUT2D eigenvalue weighted by atomic mass is 10.1. The number of carboxylic acid groups (broad SMARTS) is 1. The normalized spacial score (nSPS) is 10.8. The number of carboxylic acids is 1. The lowest BCUT2D eigenvalue weighted by molar-refractivity contribution is 0.0659. The topological polar surface area (TPSA) is 79.5 Å². The van der Waals surface area contributed by atoms with E-state index in [0.717, 1.165) is 12.8 Å². The summed E-state index contributed by atoms with van der Waals surface area (Å²) in [4.78, 5) is 22.5. The lowest BCUT2D eigenvalue weighted by Crippen LogP contribution is -2.23. The van der Waals surface area contributed by atoms with Gasteiger partial charge >= 0.3 is 5.97 Å². The molecule has 142 valence electrons. The third kappa shape index (κ3) is 9.95. The number of amides is 1. The Hall–Kier alpha value is -1.78. The largest absolute Gasteiger partial charge is 0.475 e. The molecule has 0 spiro atoms. The lowest BCUT2D eigenvalue weighted by Gasteiger charge is -2.04. The predicted octanol–water partition coefficient (Wildman–Crippen LogP) is 5.41. The monoisotopic (exact) mass is 351 g/mol. The predicted molar refractivity (Wildman–Crippen MR) is 99.1 cm³/mol. The first kappa shape index (κ1) is 21.3.